The lowest BCUT2D eigenvalue weighted by Crippen LogP contribution is -2.27. The van der Waals surface area contributed by atoms with Crippen molar-refractivity contribution in [3.63, 3.8) is 0 Å². The number of rotatable bonds is 9. The van der Waals surface area contributed by atoms with Crippen LogP contribution in [0.3, 0.4) is 0 Å². The standard InChI is InChI=1S/C24H25ClF3N2O7P/c1-3-14-11-18(30(32)33)21(13-20(14)36-19-10-9-16(12-17(19)25)24(26,27)28)38(34)37-29-22(23(31)35-2)15-7-5-4-6-8-15/h9-13,15,38H,3-8H2,1-2H3. The molecule has 0 aliphatic heterocycles. The molecule has 3 rings (SSSR count). The summed E-state index contributed by atoms with van der Waals surface area (Å²) in [6.45, 7) is 1.68. The highest BCUT2D eigenvalue weighted by Crippen LogP contribution is 2.39. The number of ether oxygens (including phenoxy) is 2. The molecular formula is C24H25ClF3N2O7P. The molecule has 0 N–H and O–H groups in total. The minimum absolute atomic E-state index is 0.0128. The van der Waals surface area contributed by atoms with Crippen molar-refractivity contribution >= 4 is 42.3 Å². The Kier molecular flexibility index (Phi) is 9.78. The van der Waals surface area contributed by atoms with Crippen LogP contribution in [0.25, 0.3) is 0 Å². The third kappa shape index (κ3) is 7.05. The van der Waals surface area contributed by atoms with Crippen molar-refractivity contribution in [2.45, 2.75) is 51.6 Å². The number of carbonyl (C=O) groups is 1. The van der Waals surface area contributed by atoms with Gasteiger partial charge in [0.05, 0.1) is 22.6 Å². The maximum atomic E-state index is 13.1. The van der Waals surface area contributed by atoms with Crippen molar-refractivity contribution < 1.29 is 41.6 Å². The molecule has 1 atom stereocenters. The molecule has 0 amide bonds. The number of methoxy groups -OCH3 is 1. The van der Waals surface area contributed by atoms with Crippen LogP contribution in [-0.2, 0) is 31.3 Å². The maximum Gasteiger partial charge on any atom is 0.416 e. The topological polar surface area (TPSA) is 117 Å². The van der Waals surface area contributed by atoms with Gasteiger partial charge < -0.3 is 14.1 Å². The van der Waals surface area contributed by atoms with Crippen molar-refractivity contribution in [1.29, 1.82) is 0 Å². The third-order valence-electron chi connectivity index (χ3n) is 6.07. The Balaban J connectivity index is 1.97. The molecule has 14 heteroatoms. The fourth-order valence-corrected chi connectivity index (χ4v) is 5.20. The molecule has 0 aromatic heterocycles. The largest absolute Gasteiger partial charge is 0.464 e. The Hall–Kier alpha value is -3.11. The summed E-state index contributed by atoms with van der Waals surface area (Å²) in [7, 11) is -2.26. The number of hydrogen-bond acceptors (Lipinski definition) is 8. The first-order chi connectivity index (χ1) is 18.0. The molecule has 38 heavy (non-hydrogen) atoms. The molecule has 0 bridgehead atoms. The number of halogens is 4. The molecule has 1 aliphatic rings. The van der Waals surface area contributed by atoms with E-state index in [1.807, 2.05) is 0 Å². The third-order valence-corrected chi connectivity index (χ3v) is 7.46. The fourth-order valence-electron chi connectivity index (χ4n) is 4.07. The molecule has 0 heterocycles. The van der Waals surface area contributed by atoms with Gasteiger partial charge in [0.15, 0.2) is 5.71 Å². The second-order valence-corrected chi connectivity index (χ2v) is 10.2. The van der Waals surface area contributed by atoms with Gasteiger partial charge in [-0.3, -0.25) is 14.7 Å². The predicted molar refractivity (Wildman–Crippen MR) is 135 cm³/mol. The van der Waals surface area contributed by atoms with Crippen LogP contribution in [0.15, 0.2) is 35.5 Å². The number of oxime groups is 1. The van der Waals surface area contributed by atoms with Gasteiger partial charge in [0.1, 0.15) is 16.8 Å². The zero-order chi connectivity index (χ0) is 28.0. The summed E-state index contributed by atoms with van der Waals surface area (Å²) in [5, 5.41) is 14.8. The fraction of sp³-hybridized carbons (Fsp3) is 0.417. The molecule has 2 aromatic rings. The van der Waals surface area contributed by atoms with Crippen LogP contribution < -0.4 is 10.0 Å². The van der Waals surface area contributed by atoms with E-state index < -0.39 is 36.3 Å². The first-order valence-corrected chi connectivity index (χ1v) is 13.4. The Bertz CT molecular complexity index is 1260. The Morgan fingerprint density at radius 3 is 2.42 bits per heavy atom. The van der Waals surface area contributed by atoms with Gasteiger partial charge in [-0.15, -0.1) is 0 Å². The zero-order valence-electron chi connectivity index (χ0n) is 20.5. The first-order valence-electron chi connectivity index (χ1n) is 11.7. The maximum absolute atomic E-state index is 13.1. The molecule has 1 saturated carbocycles. The SMILES string of the molecule is CCc1cc([N+](=O)[O-])c([PH](=O)ON=C(C(=O)OC)C2CCCCC2)cc1Oc1ccc(C(F)(F)F)cc1Cl. The van der Waals surface area contributed by atoms with Crippen molar-refractivity contribution in [3.05, 3.63) is 56.6 Å². The quantitative estimate of drug-likeness (QED) is 0.105. The lowest BCUT2D eigenvalue weighted by Gasteiger charge is -2.21. The number of benzene rings is 2. The Morgan fingerprint density at radius 1 is 1.18 bits per heavy atom. The molecular weight excluding hydrogens is 552 g/mol. The number of hydrogen-bond donors (Lipinski definition) is 0. The average Bonchev–Trinajstić information content (AvgIpc) is 2.89. The average molecular weight is 577 g/mol. The number of alkyl halides is 3. The summed E-state index contributed by atoms with van der Waals surface area (Å²) in [4.78, 5) is 23.2. The van der Waals surface area contributed by atoms with E-state index in [0.717, 1.165) is 43.5 Å². The van der Waals surface area contributed by atoms with Crippen molar-refractivity contribution in [2.75, 3.05) is 7.11 Å². The lowest BCUT2D eigenvalue weighted by atomic mass is 9.86. The van der Waals surface area contributed by atoms with Gasteiger partial charge in [-0.05, 0) is 37.5 Å². The van der Waals surface area contributed by atoms with E-state index in [2.05, 4.69) is 5.16 Å². The number of esters is 1. The van der Waals surface area contributed by atoms with E-state index >= 15 is 0 Å². The van der Waals surface area contributed by atoms with Crippen LogP contribution in [0.1, 0.15) is 50.2 Å². The number of nitro groups is 1. The van der Waals surface area contributed by atoms with Crippen LogP contribution in [0, 0.1) is 16.0 Å². The van der Waals surface area contributed by atoms with E-state index in [1.54, 1.807) is 6.92 Å². The molecule has 0 saturated heterocycles. The molecule has 1 unspecified atom stereocenters. The number of nitro benzene ring substituents is 1. The summed E-state index contributed by atoms with van der Waals surface area (Å²) in [6.07, 6.45) is -0.312. The van der Waals surface area contributed by atoms with Gasteiger partial charge in [-0.1, -0.05) is 42.9 Å². The van der Waals surface area contributed by atoms with Crippen molar-refractivity contribution in [1.82, 2.24) is 0 Å². The van der Waals surface area contributed by atoms with Gasteiger partial charge in [0.2, 0.25) is 0 Å². The summed E-state index contributed by atoms with van der Waals surface area (Å²) in [6, 6.07) is 4.73. The molecule has 0 radical (unpaired) electrons. The minimum atomic E-state index is -4.62. The molecule has 2 aromatic carbocycles. The summed E-state index contributed by atoms with van der Waals surface area (Å²) in [5.74, 6) is -1.16. The zero-order valence-corrected chi connectivity index (χ0v) is 22.2. The van der Waals surface area contributed by atoms with Gasteiger partial charge in [-0.2, -0.15) is 13.2 Å². The molecule has 206 valence electrons. The van der Waals surface area contributed by atoms with Crippen molar-refractivity contribution in [2.24, 2.45) is 11.1 Å². The lowest BCUT2D eigenvalue weighted by molar-refractivity contribution is -0.383. The summed E-state index contributed by atoms with van der Waals surface area (Å²) >= 11 is 5.99. The van der Waals surface area contributed by atoms with Gasteiger partial charge in [0, 0.05) is 23.6 Å². The van der Waals surface area contributed by atoms with Gasteiger partial charge in [-0.25, -0.2) is 4.79 Å². The van der Waals surface area contributed by atoms with E-state index in [1.165, 1.54) is 7.11 Å². The molecule has 1 aliphatic carbocycles. The highest BCUT2D eigenvalue weighted by molar-refractivity contribution is 7.48. The van der Waals surface area contributed by atoms with Crippen LogP contribution in [0.5, 0.6) is 11.5 Å². The minimum Gasteiger partial charge on any atom is -0.464 e. The monoisotopic (exact) mass is 576 g/mol. The summed E-state index contributed by atoms with van der Waals surface area (Å²) in [5.41, 5.74) is -1.24. The van der Waals surface area contributed by atoms with E-state index in [0.29, 0.717) is 24.5 Å². The van der Waals surface area contributed by atoms with E-state index in [4.69, 9.17) is 25.7 Å². The van der Waals surface area contributed by atoms with Crippen LogP contribution in [-0.4, -0.2) is 23.7 Å². The molecule has 9 nitrogen and oxygen atoms in total. The smallest absolute Gasteiger partial charge is 0.416 e. The Morgan fingerprint density at radius 2 is 1.87 bits per heavy atom. The second kappa shape index (κ2) is 12.6. The van der Waals surface area contributed by atoms with E-state index in [9.17, 15) is 32.6 Å². The highest BCUT2D eigenvalue weighted by Gasteiger charge is 2.32. The summed E-state index contributed by atoms with van der Waals surface area (Å²) < 4.78 is 67.6. The van der Waals surface area contributed by atoms with Crippen LogP contribution in [0.4, 0.5) is 18.9 Å². The number of aryl methyl sites for hydroxylation is 1. The second-order valence-electron chi connectivity index (χ2n) is 8.51. The van der Waals surface area contributed by atoms with Gasteiger partial charge in [0.25, 0.3) is 13.7 Å². The van der Waals surface area contributed by atoms with Crippen LogP contribution >= 0.6 is 19.6 Å². The van der Waals surface area contributed by atoms with E-state index in [-0.39, 0.29) is 39.9 Å². The highest BCUT2D eigenvalue weighted by atomic mass is 35.5. The number of carbonyl (C=O) groups excluding carboxylic acids is 1. The predicted octanol–water partition coefficient (Wildman–Crippen LogP) is 6.85. The number of nitrogens with zero attached hydrogens (tertiary/aromatic N) is 2. The molecule has 0 spiro atoms. The normalized spacial score (nSPS) is 15.6. The van der Waals surface area contributed by atoms with Crippen LogP contribution in [0.2, 0.25) is 5.02 Å². The first kappa shape index (κ1) is 29.4. The molecule has 1 fully saturated rings. The Labute approximate surface area is 221 Å². The van der Waals surface area contributed by atoms with Crippen molar-refractivity contribution in [3.8, 4) is 11.5 Å². The van der Waals surface area contributed by atoms with Gasteiger partial charge >= 0.3 is 12.1 Å².